The molecule has 0 aromatic heterocycles. The van der Waals surface area contributed by atoms with Gasteiger partial charge in [0.15, 0.2) is 0 Å². The molecule has 108 heavy (non-hydrogen) atoms. The largest absolute Gasteiger partial charge is 0.343 e. The molecule has 0 saturated heterocycles. The summed E-state index contributed by atoms with van der Waals surface area (Å²) in [5.41, 5.74) is 15.9. The van der Waals surface area contributed by atoms with Gasteiger partial charge < -0.3 is 41.5 Å². The van der Waals surface area contributed by atoms with E-state index in [0.717, 1.165) is 38.5 Å². The minimum absolute atomic E-state index is 0. The molecular weight excluding hydrogens is 1400 g/mol. The summed E-state index contributed by atoms with van der Waals surface area (Å²) in [5.74, 6) is 0. The predicted octanol–water partition coefficient (Wildman–Crippen LogP) is 31.8. The van der Waals surface area contributed by atoms with E-state index in [9.17, 15) is 0 Å². The van der Waals surface area contributed by atoms with Gasteiger partial charge in [0.05, 0.1) is 0 Å². The first-order valence-corrected chi connectivity index (χ1v) is 40.2. The summed E-state index contributed by atoms with van der Waals surface area (Å²) in [6.45, 7) is 42.5. The van der Waals surface area contributed by atoms with E-state index in [-0.39, 0.29) is 43.4 Å². The quantitative estimate of drug-likeness (QED) is 0.0688. The summed E-state index contributed by atoms with van der Waals surface area (Å²) in [7, 11) is 5.94. The fourth-order valence-electron chi connectivity index (χ4n) is 12.7. The summed E-state index contributed by atoms with van der Waals surface area (Å²) in [4.78, 5) is 0. The minimum Gasteiger partial charge on any atom is -0.343 e. The summed E-state index contributed by atoms with van der Waals surface area (Å²) < 4.78 is 0. The second-order valence-corrected chi connectivity index (χ2v) is 26.3. The van der Waals surface area contributed by atoms with Crippen molar-refractivity contribution in [2.45, 2.75) is 146 Å². The van der Waals surface area contributed by atoms with Crippen LogP contribution in [0.25, 0.3) is 131 Å². The molecule has 0 amide bonds. The molecule has 0 aliphatic carbocycles. The van der Waals surface area contributed by atoms with Crippen molar-refractivity contribution in [3.8, 4) is 44.5 Å². The van der Waals surface area contributed by atoms with Gasteiger partial charge in [0.2, 0.25) is 0 Å². The number of unbranched alkanes of at least 4 members (excludes halogenated alkanes) is 7. The zero-order valence-corrected chi connectivity index (χ0v) is 71.6. The number of rotatable bonds is 11. The summed E-state index contributed by atoms with van der Waals surface area (Å²) in [6, 6.07) is 105. The fourth-order valence-corrected chi connectivity index (χ4v) is 12.7. The average molecular weight is 1520 g/mol. The summed E-state index contributed by atoms with van der Waals surface area (Å²) in [6.07, 6.45) is 13.7. The molecule has 16 rings (SSSR count). The molecule has 0 saturated carbocycles. The van der Waals surface area contributed by atoms with Crippen LogP contribution in [-0.2, 0) is 43.4 Å². The van der Waals surface area contributed by atoms with Crippen LogP contribution < -0.4 is 0 Å². The van der Waals surface area contributed by atoms with Gasteiger partial charge >= 0.3 is 0 Å². The van der Waals surface area contributed by atoms with E-state index in [4.69, 9.17) is 0 Å². The van der Waals surface area contributed by atoms with Crippen molar-refractivity contribution in [2.24, 2.45) is 0 Å². The van der Waals surface area contributed by atoms with Gasteiger partial charge in [0, 0.05) is 63.9 Å². The van der Waals surface area contributed by atoms with Crippen molar-refractivity contribution in [1.29, 1.82) is 0 Å². The van der Waals surface area contributed by atoms with Crippen molar-refractivity contribution >= 4 is 107 Å². The Bertz CT molecular complexity index is 4470. The average Bonchev–Trinajstić information content (AvgIpc) is 1.41. The normalized spacial score (nSPS) is 10.1. The van der Waals surface area contributed by atoms with Gasteiger partial charge in [-0.2, -0.15) is 62.8 Å². The van der Waals surface area contributed by atoms with Gasteiger partial charge in [0.1, 0.15) is 0 Å². The maximum absolute atomic E-state index is 3.70. The molecule has 0 atom stereocenters. The Hall–Kier alpha value is -8.02. The van der Waals surface area contributed by atoms with E-state index in [1.807, 2.05) is 0 Å². The van der Waals surface area contributed by atoms with E-state index >= 15 is 0 Å². The predicted molar refractivity (Wildman–Crippen MR) is 482 cm³/mol. The Morgan fingerprint density at radius 2 is 0.380 bits per heavy atom. The first-order chi connectivity index (χ1) is 51.9. The van der Waals surface area contributed by atoms with Gasteiger partial charge in [-0.25, -0.2) is 0 Å². The molecule has 0 N–H and O–H groups in total. The third-order valence-electron chi connectivity index (χ3n) is 18.1. The van der Waals surface area contributed by atoms with Crippen LogP contribution in [-0.4, -0.2) is 20.5 Å². The fraction of sp³-hybridized carbons (Fsp3) is 0.212. The van der Waals surface area contributed by atoms with Crippen LogP contribution >= 0.6 is 0 Å². The van der Waals surface area contributed by atoms with E-state index in [1.54, 1.807) is 13.1 Å². The number of hydrogen-bond acceptors (Lipinski definition) is 0. The van der Waals surface area contributed by atoms with Gasteiger partial charge in [-0.05, 0) is 65.3 Å². The van der Waals surface area contributed by atoms with Crippen LogP contribution in [0.2, 0.25) is 13.1 Å². The molecule has 0 nitrogen and oxygen atoms in total. The number of aryl methyl sites for hydroxylation is 4. The Morgan fingerprint density at radius 3 is 0.556 bits per heavy atom. The van der Waals surface area contributed by atoms with Crippen molar-refractivity contribution < 1.29 is 43.4 Å². The van der Waals surface area contributed by atoms with Crippen LogP contribution in [0, 0.1) is 69.2 Å². The van der Waals surface area contributed by atoms with Gasteiger partial charge in [-0.15, -0.1) is 138 Å². The van der Waals surface area contributed by atoms with Gasteiger partial charge in [0.25, 0.3) is 0 Å². The summed E-state index contributed by atoms with van der Waals surface area (Å²) in [5, 5.41) is 21.2. The van der Waals surface area contributed by atoms with Gasteiger partial charge in [-0.3, -0.25) is 0 Å². The van der Waals surface area contributed by atoms with Crippen molar-refractivity contribution in [2.75, 3.05) is 0 Å². The third-order valence-corrected chi connectivity index (χ3v) is 18.1. The van der Waals surface area contributed by atoms with Crippen LogP contribution in [0.15, 0.2) is 291 Å². The van der Waals surface area contributed by atoms with Crippen LogP contribution in [0.3, 0.4) is 0 Å². The van der Waals surface area contributed by atoms with Crippen molar-refractivity contribution in [1.82, 2.24) is 0 Å². The van der Waals surface area contributed by atoms with Gasteiger partial charge in [-0.1, -0.05) is 323 Å². The number of benzene rings is 12. The number of hydrogen-bond donors (Lipinski definition) is 0. The maximum atomic E-state index is 3.70. The molecule has 0 fully saturated rings. The Kier molecular flexibility index (Phi) is 44.0. The zero-order chi connectivity index (χ0) is 76.6. The molecular formula is C104H114Si2Ti2-10. The van der Waals surface area contributed by atoms with Crippen LogP contribution in [0.5, 0.6) is 0 Å². The molecule has 0 aliphatic heterocycles. The number of fused-ring (bicyclic) bond motifs is 8. The third kappa shape index (κ3) is 26.4. The molecule has 0 bridgehead atoms. The van der Waals surface area contributed by atoms with E-state index < -0.39 is 0 Å². The molecule has 0 aliphatic rings. The molecule has 0 heterocycles. The van der Waals surface area contributed by atoms with E-state index in [2.05, 4.69) is 409 Å². The second kappa shape index (κ2) is 51.4. The topological polar surface area (TPSA) is 0 Å². The first kappa shape index (κ1) is 92.4. The first-order valence-electron chi connectivity index (χ1n) is 38.2. The van der Waals surface area contributed by atoms with Crippen molar-refractivity contribution in [3.63, 3.8) is 0 Å². The van der Waals surface area contributed by atoms with E-state index in [0.29, 0.717) is 0 Å². The standard InChI is InChI=1S/4C20H15.C6H12.4C4H9.2CH3Si.2Ti/c4*1-14-12-16-8-5-11-19(20(16)13-14)18-10-4-7-15-6-2-3-9-17(15)18;1-3-5-6-4-2;4*1-3-4-2;2*1-2;;/h4*2-13H,1H3;1-6H2;4*1,3-4H2,2H3;2*1H3;;/q4*-1;-2;4*-1;;;;. The Labute approximate surface area is 689 Å². The second-order valence-electron chi connectivity index (χ2n) is 26.3. The SMILES string of the molecule is C[Si].C[Si].Cc1cc2c(-c3cccc4ccccc34)cccc2[cH-]1.Cc1cc2c(-c3cccc4ccccc34)cccc2[cH-]1.Cc1cc2c(-c3cccc4ccccc34)cccc2[cH-]1.Cc1cc2c(-c3cccc4ccccc34)cccc2[cH-]1.[CH2-]CCC.[CH2-]CCC.[CH2-]CCC.[CH2-]CCC.[CH2-]CCCC[CH2-].[Ti].[Ti]. The monoisotopic (exact) mass is 1510 g/mol. The van der Waals surface area contributed by atoms with E-state index in [1.165, 1.54) is 191 Å². The summed E-state index contributed by atoms with van der Waals surface area (Å²) >= 11 is 0. The molecule has 0 spiro atoms. The molecule has 16 aromatic rings. The van der Waals surface area contributed by atoms with Crippen LogP contribution in [0.4, 0.5) is 0 Å². The smallest absolute Gasteiger partial charge is 0.0184 e. The minimum atomic E-state index is 0. The molecule has 16 aromatic carbocycles. The van der Waals surface area contributed by atoms with Crippen molar-refractivity contribution in [3.05, 3.63) is 355 Å². The Balaban J connectivity index is 0.000000273. The molecule has 0 unspecified atom stereocenters. The molecule has 6 radical (unpaired) electrons. The van der Waals surface area contributed by atoms with Crippen LogP contribution in [0.1, 0.15) is 127 Å². The zero-order valence-electron chi connectivity index (χ0n) is 66.4. The molecule has 556 valence electrons. The Morgan fingerprint density at radius 1 is 0.222 bits per heavy atom. The molecule has 4 heteroatoms. The maximum Gasteiger partial charge on any atom is 0.0184 e.